The molecule has 0 saturated carbocycles. The van der Waals surface area contributed by atoms with E-state index in [1.165, 1.54) is 7.11 Å². The summed E-state index contributed by atoms with van der Waals surface area (Å²) in [4.78, 5) is 0. The molecule has 0 spiro atoms. The number of hydrogen-bond acceptors (Lipinski definition) is 4. The van der Waals surface area contributed by atoms with Crippen molar-refractivity contribution in [2.24, 2.45) is 0 Å². The Bertz CT molecular complexity index is 157. The van der Waals surface area contributed by atoms with Gasteiger partial charge in [-0.1, -0.05) is 0 Å². The van der Waals surface area contributed by atoms with Gasteiger partial charge in [-0.05, 0) is 13.8 Å². The fourth-order valence-corrected chi connectivity index (χ4v) is 1.52. The van der Waals surface area contributed by atoms with Crippen molar-refractivity contribution in [2.45, 2.75) is 37.8 Å². The zero-order chi connectivity index (χ0) is 9.35. The second-order valence-electron chi connectivity index (χ2n) is 3.63. The van der Waals surface area contributed by atoms with E-state index in [2.05, 4.69) is 0 Å². The van der Waals surface area contributed by atoms with Gasteiger partial charge in [-0.3, -0.25) is 0 Å². The Labute approximate surface area is 72.1 Å². The Balaban J connectivity index is 2.72. The molecule has 0 aliphatic carbocycles. The smallest absolute Gasteiger partial charge is 0.114 e. The maximum Gasteiger partial charge on any atom is 0.114 e. The van der Waals surface area contributed by atoms with Gasteiger partial charge in [0, 0.05) is 7.11 Å². The van der Waals surface area contributed by atoms with Crippen LogP contribution < -0.4 is 0 Å². The monoisotopic (exact) mass is 176 g/mol. The maximum absolute atomic E-state index is 9.52. The molecular weight excluding hydrogens is 160 g/mol. The summed E-state index contributed by atoms with van der Waals surface area (Å²) in [7, 11) is 1.50. The van der Waals surface area contributed by atoms with Crippen molar-refractivity contribution in [3.05, 3.63) is 0 Å². The molecule has 72 valence electrons. The van der Waals surface area contributed by atoms with Crippen molar-refractivity contribution in [1.82, 2.24) is 0 Å². The minimum atomic E-state index is -0.862. The predicted molar refractivity (Wildman–Crippen MR) is 42.8 cm³/mol. The number of methoxy groups -OCH3 is 1. The quantitative estimate of drug-likeness (QED) is 0.567. The van der Waals surface area contributed by atoms with E-state index >= 15 is 0 Å². The zero-order valence-corrected chi connectivity index (χ0v) is 7.65. The minimum absolute atomic E-state index is 0.161. The van der Waals surface area contributed by atoms with Gasteiger partial charge in [0.25, 0.3) is 0 Å². The van der Waals surface area contributed by atoms with Gasteiger partial charge in [-0.15, -0.1) is 0 Å². The van der Waals surface area contributed by atoms with Crippen LogP contribution in [0.5, 0.6) is 0 Å². The molecule has 3 atom stereocenters. The SMILES string of the molecule is COC1C(O)[C@H](O)COC1(C)C. The van der Waals surface area contributed by atoms with E-state index in [0.717, 1.165) is 0 Å². The second-order valence-corrected chi connectivity index (χ2v) is 3.63. The molecule has 1 saturated heterocycles. The summed E-state index contributed by atoms with van der Waals surface area (Å²) in [5.74, 6) is 0. The lowest BCUT2D eigenvalue weighted by atomic mass is 9.90. The number of ether oxygens (including phenoxy) is 2. The van der Waals surface area contributed by atoms with E-state index < -0.39 is 23.9 Å². The fourth-order valence-electron chi connectivity index (χ4n) is 1.52. The molecule has 1 fully saturated rings. The van der Waals surface area contributed by atoms with Gasteiger partial charge in [0.05, 0.1) is 12.2 Å². The Kier molecular flexibility index (Phi) is 2.73. The summed E-state index contributed by atoms with van der Waals surface area (Å²) >= 11 is 0. The van der Waals surface area contributed by atoms with Crippen molar-refractivity contribution in [2.75, 3.05) is 13.7 Å². The maximum atomic E-state index is 9.52. The highest BCUT2D eigenvalue weighted by molar-refractivity contribution is 4.93. The second kappa shape index (κ2) is 3.30. The summed E-state index contributed by atoms with van der Waals surface area (Å²) in [6, 6.07) is 0. The third-order valence-corrected chi connectivity index (χ3v) is 2.27. The summed E-state index contributed by atoms with van der Waals surface area (Å²) < 4.78 is 10.4. The van der Waals surface area contributed by atoms with Crippen LogP contribution in [0.25, 0.3) is 0 Å². The molecule has 0 aromatic carbocycles. The molecule has 1 heterocycles. The first-order valence-corrected chi connectivity index (χ1v) is 4.02. The molecular formula is C8H16O4. The van der Waals surface area contributed by atoms with E-state index in [-0.39, 0.29) is 6.61 Å². The molecule has 0 aromatic heterocycles. The van der Waals surface area contributed by atoms with E-state index in [1.807, 2.05) is 13.8 Å². The van der Waals surface area contributed by atoms with Crippen LogP contribution in [0.1, 0.15) is 13.8 Å². The molecule has 0 bridgehead atoms. The lowest BCUT2D eigenvalue weighted by molar-refractivity contribution is -0.230. The highest BCUT2D eigenvalue weighted by Crippen LogP contribution is 2.27. The molecule has 12 heavy (non-hydrogen) atoms. The lowest BCUT2D eigenvalue weighted by Crippen LogP contribution is -2.58. The standard InChI is InChI=1S/C8H16O4/c1-8(2)7(11-3)6(10)5(9)4-12-8/h5-7,9-10H,4H2,1-3H3/t5-,6?,7?/m1/s1. The summed E-state index contributed by atoms with van der Waals surface area (Å²) in [5.41, 5.74) is -0.534. The van der Waals surface area contributed by atoms with Crippen LogP contribution in [0.15, 0.2) is 0 Å². The topological polar surface area (TPSA) is 58.9 Å². The first-order chi connectivity index (χ1) is 5.49. The third-order valence-electron chi connectivity index (χ3n) is 2.27. The van der Waals surface area contributed by atoms with Crippen molar-refractivity contribution in [3.63, 3.8) is 0 Å². The van der Waals surface area contributed by atoms with Crippen LogP contribution in [0.2, 0.25) is 0 Å². The van der Waals surface area contributed by atoms with Crippen LogP contribution in [0, 0.1) is 0 Å². The van der Waals surface area contributed by atoms with Gasteiger partial charge in [0.15, 0.2) is 0 Å². The van der Waals surface area contributed by atoms with Gasteiger partial charge >= 0.3 is 0 Å². The molecule has 0 aromatic rings. The average Bonchev–Trinajstić information content (AvgIpc) is 1.99. The molecule has 1 rings (SSSR count). The van der Waals surface area contributed by atoms with Gasteiger partial charge in [-0.2, -0.15) is 0 Å². The Morgan fingerprint density at radius 2 is 2.00 bits per heavy atom. The summed E-state index contributed by atoms with van der Waals surface area (Å²) in [6.45, 7) is 3.82. The highest BCUT2D eigenvalue weighted by Gasteiger charge is 2.44. The van der Waals surface area contributed by atoms with Crippen molar-refractivity contribution >= 4 is 0 Å². The van der Waals surface area contributed by atoms with Crippen LogP contribution in [0.4, 0.5) is 0 Å². The third kappa shape index (κ3) is 1.61. The Morgan fingerprint density at radius 1 is 1.42 bits per heavy atom. The molecule has 1 aliphatic rings. The van der Waals surface area contributed by atoms with E-state index in [4.69, 9.17) is 9.47 Å². The number of rotatable bonds is 1. The first kappa shape index (κ1) is 9.92. The largest absolute Gasteiger partial charge is 0.388 e. The summed E-state index contributed by atoms with van der Waals surface area (Å²) in [5, 5.41) is 18.8. The number of hydrogen-bond donors (Lipinski definition) is 2. The van der Waals surface area contributed by atoms with Crippen LogP contribution in [0.3, 0.4) is 0 Å². The van der Waals surface area contributed by atoms with Gasteiger partial charge in [-0.25, -0.2) is 0 Å². The van der Waals surface area contributed by atoms with Crippen LogP contribution in [-0.2, 0) is 9.47 Å². The zero-order valence-electron chi connectivity index (χ0n) is 7.65. The van der Waals surface area contributed by atoms with Crippen LogP contribution in [-0.4, -0.2) is 47.8 Å². The molecule has 4 heteroatoms. The summed E-state index contributed by atoms with van der Waals surface area (Å²) in [6.07, 6.45) is -2.18. The Hall–Kier alpha value is -0.160. The van der Waals surface area contributed by atoms with Crippen LogP contribution >= 0.6 is 0 Å². The van der Waals surface area contributed by atoms with Crippen molar-refractivity contribution in [1.29, 1.82) is 0 Å². The minimum Gasteiger partial charge on any atom is -0.388 e. The average molecular weight is 176 g/mol. The normalized spacial score (nSPS) is 41.2. The highest BCUT2D eigenvalue weighted by atomic mass is 16.6. The fraction of sp³-hybridized carbons (Fsp3) is 1.00. The van der Waals surface area contributed by atoms with E-state index in [9.17, 15) is 10.2 Å². The predicted octanol–water partition coefficient (Wildman–Crippen LogP) is -0.468. The molecule has 0 amide bonds. The van der Waals surface area contributed by atoms with Crippen molar-refractivity contribution in [3.8, 4) is 0 Å². The number of aliphatic hydroxyl groups is 2. The van der Waals surface area contributed by atoms with Crippen molar-refractivity contribution < 1.29 is 19.7 Å². The van der Waals surface area contributed by atoms with Gasteiger partial charge < -0.3 is 19.7 Å². The molecule has 0 radical (unpaired) electrons. The molecule has 2 unspecified atom stereocenters. The van der Waals surface area contributed by atoms with Gasteiger partial charge in [0.2, 0.25) is 0 Å². The molecule has 1 aliphatic heterocycles. The first-order valence-electron chi connectivity index (χ1n) is 4.02. The lowest BCUT2D eigenvalue weighted by Gasteiger charge is -2.42. The van der Waals surface area contributed by atoms with E-state index in [1.54, 1.807) is 0 Å². The number of aliphatic hydroxyl groups excluding tert-OH is 2. The molecule has 4 nitrogen and oxygen atoms in total. The Morgan fingerprint density at radius 3 is 2.42 bits per heavy atom. The molecule has 2 N–H and O–H groups in total. The van der Waals surface area contributed by atoms with Gasteiger partial charge in [0.1, 0.15) is 18.3 Å². The van der Waals surface area contributed by atoms with E-state index in [0.29, 0.717) is 0 Å².